The maximum Gasteiger partial charge on any atom is 0.417 e. The first kappa shape index (κ1) is 16.1. The fourth-order valence-corrected chi connectivity index (χ4v) is 3.10. The molecule has 3 rings (SSSR count). The first-order valence-corrected chi connectivity index (χ1v) is 6.67. The van der Waals surface area contributed by atoms with Crippen LogP contribution >= 0.6 is 12.4 Å². The minimum Gasteiger partial charge on any atom is -0.347 e. The lowest BCUT2D eigenvalue weighted by Crippen LogP contribution is -2.45. The van der Waals surface area contributed by atoms with Crippen LogP contribution in [0.4, 0.5) is 13.2 Å². The molecule has 0 aliphatic carbocycles. The van der Waals surface area contributed by atoms with Crippen LogP contribution in [0, 0.1) is 0 Å². The fraction of sp³-hybridized carbons (Fsp3) is 0.500. The van der Waals surface area contributed by atoms with Crippen molar-refractivity contribution in [1.82, 2.24) is 10.6 Å². The quantitative estimate of drug-likeness (QED) is 0.834. The lowest BCUT2D eigenvalue weighted by atomic mass is 9.82. The summed E-state index contributed by atoms with van der Waals surface area (Å²) in [6, 6.07) is 2.75. The number of amides is 1. The summed E-state index contributed by atoms with van der Waals surface area (Å²) in [6.07, 6.45) is -3.99. The van der Waals surface area contributed by atoms with Gasteiger partial charge in [-0.1, -0.05) is 13.0 Å². The predicted octanol–water partition coefficient (Wildman–Crippen LogP) is 2.49. The molecule has 1 amide bonds. The number of carbonyl (C=O) groups is 1. The number of hydrogen-bond donors (Lipinski definition) is 2. The summed E-state index contributed by atoms with van der Waals surface area (Å²) in [5, 5.41) is 5.81. The van der Waals surface area contributed by atoms with Gasteiger partial charge in [0.25, 0.3) is 5.91 Å². The van der Waals surface area contributed by atoms with Gasteiger partial charge in [0.15, 0.2) is 0 Å². The zero-order valence-electron chi connectivity index (χ0n) is 11.4. The molecular formula is C14H16ClF3N2O. The summed E-state index contributed by atoms with van der Waals surface area (Å²) in [6.45, 7) is 3.02. The molecule has 1 aromatic carbocycles. The fourth-order valence-electron chi connectivity index (χ4n) is 3.10. The van der Waals surface area contributed by atoms with Crippen LogP contribution in [0.3, 0.4) is 0 Å². The van der Waals surface area contributed by atoms with Crippen molar-refractivity contribution in [3.05, 3.63) is 34.4 Å². The van der Waals surface area contributed by atoms with Crippen molar-refractivity contribution in [2.45, 2.75) is 31.5 Å². The molecular weight excluding hydrogens is 305 g/mol. The Morgan fingerprint density at radius 1 is 1.29 bits per heavy atom. The van der Waals surface area contributed by atoms with E-state index in [1.165, 1.54) is 0 Å². The highest BCUT2D eigenvalue weighted by Crippen LogP contribution is 2.40. The number of benzene rings is 1. The van der Waals surface area contributed by atoms with Crippen molar-refractivity contribution in [3.8, 4) is 0 Å². The molecule has 1 saturated heterocycles. The monoisotopic (exact) mass is 320 g/mol. The Bertz CT molecular complexity index is 574. The van der Waals surface area contributed by atoms with Crippen molar-refractivity contribution in [1.29, 1.82) is 0 Å². The molecule has 116 valence electrons. The molecule has 0 aromatic heterocycles. The third-order valence-electron chi connectivity index (χ3n) is 4.10. The maximum atomic E-state index is 13.2. The molecule has 7 heteroatoms. The molecule has 2 aliphatic heterocycles. The van der Waals surface area contributed by atoms with Gasteiger partial charge in [0, 0.05) is 25.0 Å². The van der Waals surface area contributed by atoms with Crippen molar-refractivity contribution >= 4 is 18.3 Å². The van der Waals surface area contributed by atoms with E-state index < -0.39 is 17.6 Å². The Morgan fingerprint density at radius 2 is 2.00 bits per heavy atom. The molecule has 1 fully saturated rings. The van der Waals surface area contributed by atoms with Gasteiger partial charge in [-0.15, -0.1) is 12.4 Å². The van der Waals surface area contributed by atoms with Gasteiger partial charge in [0.05, 0.1) is 11.1 Å². The van der Waals surface area contributed by atoms with Crippen LogP contribution in [-0.2, 0) is 12.6 Å². The first-order valence-electron chi connectivity index (χ1n) is 6.67. The van der Waals surface area contributed by atoms with E-state index in [2.05, 4.69) is 10.6 Å². The van der Waals surface area contributed by atoms with Gasteiger partial charge in [-0.3, -0.25) is 4.79 Å². The molecule has 2 aliphatic rings. The van der Waals surface area contributed by atoms with E-state index in [9.17, 15) is 18.0 Å². The van der Waals surface area contributed by atoms with E-state index in [4.69, 9.17) is 0 Å². The third kappa shape index (κ3) is 2.62. The van der Waals surface area contributed by atoms with Crippen LogP contribution in [0.5, 0.6) is 0 Å². The molecule has 0 saturated carbocycles. The van der Waals surface area contributed by atoms with Crippen LogP contribution in [0.2, 0.25) is 0 Å². The van der Waals surface area contributed by atoms with Crippen LogP contribution in [0.1, 0.15) is 39.9 Å². The molecule has 0 unspecified atom stereocenters. The van der Waals surface area contributed by atoms with E-state index in [-0.39, 0.29) is 29.9 Å². The van der Waals surface area contributed by atoms with E-state index >= 15 is 0 Å². The van der Waals surface area contributed by atoms with Gasteiger partial charge < -0.3 is 10.6 Å². The average molecular weight is 321 g/mol. The van der Waals surface area contributed by atoms with E-state index in [1.54, 1.807) is 6.07 Å². The Kier molecular flexibility index (Phi) is 4.22. The minimum atomic E-state index is -4.51. The molecule has 0 spiro atoms. The van der Waals surface area contributed by atoms with Crippen LogP contribution < -0.4 is 10.6 Å². The summed E-state index contributed by atoms with van der Waals surface area (Å²) in [5.74, 6) is -0.685. The van der Waals surface area contributed by atoms with Gasteiger partial charge in [-0.25, -0.2) is 0 Å². The largest absolute Gasteiger partial charge is 0.417 e. The summed E-state index contributed by atoms with van der Waals surface area (Å²) in [4.78, 5) is 12.1. The summed E-state index contributed by atoms with van der Waals surface area (Å²) >= 11 is 0. The standard InChI is InChI=1S/C14H15F3N2O.ClH/c1-2-7-3-8-9-5-18-6-11(9)19-13(20)12(8)10(4-7)14(15,16)17;/h3-4,9,11,18H,2,5-6H2,1H3,(H,19,20);1H/t9-,11+;/m0./s1. The van der Waals surface area contributed by atoms with Gasteiger partial charge in [0.1, 0.15) is 0 Å². The Labute approximate surface area is 126 Å². The molecule has 2 heterocycles. The van der Waals surface area contributed by atoms with Crippen molar-refractivity contribution in [2.75, 3.05) is 13.1 Å². The topological polar surface area (TPSA) is 41.1 Å². The number of aryl methyl sites for hydroxylation is 1. The van der Waals surface area contributed by atoms with Gasteiger partial charge in [-0.05, 0) is 23.6 Å². The second-order valence-electron chi connectivity index (χ2n) is 5.30. The zero-order valence-corrected chi connectivity index (χ0v) is 12.2. The second kappa shape index (κ2) is 5.50. The molecule has 2 atom stereocenters. The number of hydrogen-bond acceptors (Lipinski definition) is 2. The van der Waals surface area contributed by atoms with E-state index in [0.29, 0.717) is 30.6 Å². The van der Waals surface area contributed by atoms with Crippen LogP contribution in [0.25, 0.3) is 0 Å². The highest BCUT2D eigenvalue weighted by atomic mass is 35.5. The molecule has 3 nitrogen and oxygen atoms in total. The van der Waals surface area contributed by atoms with E-state index in [1.807, 2.05) is 6.92 Å². The average Bonchev–Trinajstić information content (AvgIpc) is 2.84. The summed E-state index contributed by atoms with van der Waals surface area (Å²) < 4.78 is 39.6. The molecule has 21 heavy (non-hydrogen) atoms. The minimum absolute atomic E-state index is 0. The Hall–Kier alpha value is -1.27. The lowest BCUT2D eigenvalue weighted by molar-refractivity contribution is -0.138. The predicted molar refractivity (Wildman–Crippen MR) is 74.9 cm³/mol. The number of halogens is 4. The Morgan fingerprint density at radius 3 is 2.62 bits per heavy atom. The van der Waals surface area contributed by atoms with Crippen molar-refractivity contribution in [3.63, 3.8) is 0 Å². The zero-order chi connectivity index (χ0) is 14.5. The van der Waals surface area contributed by atoms with Crippen molar-refractivity contribution < 1.29 is 18.0 Å². The SMILES string of the molecule is CCc1cc2c(c(C(F)(F)F)c1)C(=O)N[C@@H]1CNC[C@@H]21.Cl. The molecule has 1 aromatic rings. The van der Waals surface area contributed by atoms with E-state index in [0.717, 1.165) is 6.07 Å². The highest BCUT2D eigenvalue weighted by Gasteiger charge is 2.43. The Balaban J connectivity index is 0.00000161. The number of rotatable bonds is 1. The first-order chi connectivity index (χ1) is 9.41. The van der Waals surface area contributed by atoms with Crippen LogP contribution in [0.15, 0.2) is 12.1 Å². The number of fused-ring (bicyclic) bond motifs is 3. The third-order valence-corrected chi connectivity index (χ3v) is 4.10. The highest BCUT2D eigenvalue weighted by molar-refractivity contribution is 5.99. The smallest absolute Gasteiger partial charge is 0.347 e. The summed E-state index contributed by atoms with van der Waals surface area (Å²) in [7, 11) is 0. The molecule has 2 N–H and O–H groups in total. The number of nitrogens with one attached hydrogen (secondary N) is 2. The summed E-state index contributed by atoms with van der Waals surface area (Å²) in [5.41, 5.74) is 0.154. The van der Waals surface area contributed by atoms with Gasteiger partial charge in [0.2, 0.25) is 0 Å². The second-order valence-corrected chi connectivity index (χ2v) is 5.30. The number of carbonyl (C=O) groups excluding carboxylic acids is 1. The maximum absolute atomic E-state index is 13.2. The normalized spacial score (nSPS) is 23.9. The van der Waals surface area contributed by atoms with Gasteiger partial charge >= 0.3 is 6.18 Å². The molecule has 0 bridgehead atoms. The lowest BCUT2D eigenvalue weighted by Gasteiger charge is -2.30. The van der Waals surface area contributed by atoms with Crippen LogP contribution in [-0.4, -0.2) is 25.0 Å². The van der Waals surface area contributed by atoms with Gasteiger partial charge in [-0.2, -0.15) is 13.2 Å². The molecule has 0 radical (unpaired) electrons. The number of alkyl halides is 3. The van der Waals surface area contributed by atoms with Crippen molar-refractivity contribution in [2.24, 2.45) is 0 Å².